The van der Waals surface area contributed by atoms with Gasteiger partial charge >= 0.3 is 0 Å². The normalized spacial score (nSPS) is 12.0. The molecule has 0 aliphatic rings. The predicted molar refractivity (Wildman–Crippen MR) is 59.8 cm³/mol. The van der Waals surface area contributed by atoms with Crippen LogP contribution in [0.1, 0.15) is 46.5 Å². The third-order valence-electron chi connectivity index (χ3n) is 2.34. The van der Waals surface area contributed by atoms with E-state index in [0.717, 1.165) is 26.1 Å². The lowest BCUT2D eigenvalue weighted by Crippen LogP contribution is -2.30. The molecule has 0 atom stereocenters. The van der Waals surface area contributed by atoms with Crippen molar-refractivity contribution >= 4 is 0 Å². The summed E-state index contributed by atoms with van der Waals surface area (Å²) in [5, 5.41) is 3.49. The van der Waals surface area contributed by atoms with Crippen LogP contribution in [-0.2, 0) is 0 Å². The molecular weight excluding hydrogens is 160 g/mol. The summed E-state index contributed by atoms with van der Waals surface area (Å²) in [5.41, 5.74) is 5.87. The van der Waals surface area contributed by atoms with Gasteiger partial charge in [0, 0.05) is 6.54 Å². The van der Waals surface area contributed by atoms with E-state index in [1.54, 1.807) is 0 Å². The van der Waals surface area contributed by atoms with E-state index in [9.17, 15) is 0 Å². The van der Waals surface area contributed by atoms with Crippen molar-refractivity contribution in [3.8, 4) is 0 Å². The molecule has 13 heavy (non-hydrogen) atoms. The van der Waals surface area contributed by atoms with Crippen molar-refractivity contribution in [2.75, 3.05) is 19.6 Å². The Labute approximate surface area is 83.3 Å². The summed E-state index contributed by atoms with van der Waals surface area (Å²) in [6.45, 7) is 9.96. The summed E-state index contributed by atoms with van der Waals surface area (Å²) < 4.78 is 0. The highest BCUT2D eigenvalue weighted by atomic mass is 14.9. The Hall–Kier alpha value is -0.0800. The number of hydrogen-bond acceptors (Lipinski definition) is 2. The van der Waals surface area contributed by atoms with Crippen LogP contribution in [0.5, 0.6) is 0 Å². The molecule has 0 amide bonds. The molecule has 0 rings (SSSR count). The van der Waals surface area contributed by atoms with Crippen LogP contribution in [0.25, 0.3) is 0 Å². The second-order valence-corrected chi connectivity index (χ2v) is 4.59. The van der Waals surface area contributed by atoms with Gasteiger partial charge in [-0.1, -0.05) is 27.2 Å². The van der Waals surface area contributed by atoms with Crippen LogP contribution in [0, 0.1) is 5.41 Å². The molecule has 2 heteroatoms. The fourth-order valence-electron chi connectivity index (χ4n) is 1.59. The first-order chi connectivity index (χ1) is 6.12. The minimum absolute atomic E-state index is 0.456. The Morgan fingerprint density at radius 3 is 2.46 bits per heavy atom. The zero-order chi connectivity index (χ0) is 10.2. The van der Waals surface area contributed by atoms with Crippen LogP contribution in [0.15, 0.2) is 0 Å². The molecule has 0 saturated heterocycles. The minimum atomic E-state index is 0.456. The summed E-state index contributed by atoms with van der Waals surface area (Å²) in [6.07, 6.45) is 4.92. The highest BCUT2D eigenvalue weighted by Gasteiger charge is 2.14. The van der Waals surface area contributed by atoms with Crippen LogP contribution in [-0.4, -0.2) is 19.6 Å². The molecule has 0 aromatic carbocycles. The molecule has 0 aliphatic heterocycles. The lowest BCUT2D eigenvalue weighted by atomic mass is 9.88. The van der Waals surface area contributed by atoms with Gasteiger partial charge in [0.05, 0.1) is 0 Å². The maximum Gasteiger partial charge on any atom is 0.000251 e. The molecule has 0 fully saturated rings. The number of unbranched alkanes of at least 4 members (excludes halogenated alkanes) is 1. The largest absolute Gasteiger partial charge is 0.330 e. The van der Waals surface area contributed by atoms with Gasteiger partial charge in [-0.25, -0.2) is 0 Å². The van der Waals surface area contributed by atoms with Gasteiger partial charge in [0.15, 0.2) is 0 Å². The van der Waals surface area contributed by atoms with Crippen molar-refractivity contribution in [2.45, 2.75) is 46.5 Å². The van der Waals surface area contributed by atoms with Crippen LogP contribution < -0.4 is 11.1 Å². The Morgan fingerprint density at radius 2 is 1.92 bits per heavy atom. The van der Waals surface area contributed by atoms with E-state index in [0.29, 0.717) is 5.41 Å². The van der Waals surface area contributed by atoms with E-state index in [1.165, 1.54) is 19.3 Å². The molecule has 3 N–H and O–H groups in total. The molecular formula is C11H26N2. The first-order valence-corrected chi connectivity index (χ1v) is 5.53. The SMILES string of the molecule is CCCC(C)(C)CNCCCCN. The smallest absolute Gasteiger partial charge is 0.000251 e. The van der Waals surface area contributed by atoms with Crippen LogP contribution in [0.4, 0.5) is 0 Å². The average Bonchev–Trinajstić information content (AvgIpc) is 2.04. The molecule has 0 aromatic rings. The molecule has 0 heterocycles. The quantitative estimate of drug-likeness (QED) is 0.570. The van der Waals surface area contributed by atoms with Crippen molar-refractivity contribution in [3.63, 3.8) is 0 Å². The maximum absolute atomic E-state index is 5.42. The number of hydrogen-bond donors (Lipinski definition) is 2. The lowest BCUT2D eigenvalue weighted by molar-refractivity contribution is 0.311. The van der Waals surface area contributed by atoms with Gasteiger partial charge in [-0.3, -0.25) is 0 Å². The first-order valence-electron chi connectivity index (χ1n) is 5.53. The van der Waals surface area contributed by atoms with Gasteiger partial charge in [-0.15, -0.1) is 0 Å². The topological polar surface area (TPSA) is 38.0 Å². The minimum Gasteiger partial charge on any atom is -0.330 e. The van der Waals surface area contributed by atoms with Crippen LogP contribution in [0.2, 0.25) is 0 Å². The van der Waals surface area contributed by atoms with Gasteiger partial charge < -0.3 is 11.1 Å². The third kappa shape index (κ3) is 8.26. The van der Waals surface area contributed by atoms with E-state index < -0.39 is 0 Å². The van der Waals surface area contributed by atoms with E-state index in [4.69, 9.17) is 5.73 Å². The summed E-state index contributed by atoms with van der Waals surface area (Å²) in [6, 6.07) is 0. The van der Waals surface area contributed by atoms with E-state index in [1.807, 2.05) is 0 Å². The summed E-state index contributed by atoms with van der Waals surface area (Å²) >= 11 is 0. The second kappa shape index (κ2) is 7.34. The molecule has 0 saturated carbocycles. The fourth-order valence-corrected chi connectivity index (χ4v) is 1.59. The van der Waals surface area contributed by atoms with Crippen molar-refractivity contribution in [2.24, 2.45) is 11.1 Å². The Bertz CT molecular complexity index is 111. The monoisotopic (exact) mass is 186 g/mol. The van der Waals surface area contributed by atoms with Crippen LogP contribution in [0.3, 0.4) is 0 Å². The molecule has 0 radical (unpaired) electrons. The fraction of sp³-hybridized carbons (Fsp3) is 1.00. The summed E-state index contributed by atoms with van der Waals surface area (Å²) in [7, 11) is 0. The third-order valence-corrected chi connectivity index (χ3v) is 2.34. The summed E-state index contributed by atoms with van der Waals surface area (Å²) in [4.78, 5) is 0. The zero-order valence-corrected chi connectivity index (χ0v) is 9.53. The molecule has 80 valence electrons. The van der Waals surface area contributed by atoms with Gasteiger partial charge in [0.1, 0.15) is 0 Å². The number of nitrogens with one attached hydrogen (secondary N) is 1. The Balaban J connectivity index is 3.29. The van der Waals surface area contributed by atoms with E-state index >= 15 is 0 Å². The highest BCUT2D eigenvalue weighted by molar-refractivity contribution is 4.70. The number of nitrogens with two attached hydrogens (primary N) is 1. The van der Waals surface area contributed by atoms with Crippen molar-refractivity contribution in [1.29, 1.82) is 0 Å². The van der Waals surface area contributed by atoms with Gasteiger partial charge in [-0.05, 0) is 37.8 Å². The highest BCUT2D eigenvalue weighted by Crippen LogP contribution is 2.20. The molecule has 0 aliphatic carbocycles. The number of rotatable bonds is 8. The average molecular weight is 186 g/mol. The maximum atomic E-state index is 5.42. The molecule has 0 spiro atoms. The first kappa shape index (κ1) is 12.9. The Kier molecular flexibility index (Phi) is 7.29. The molecule has 0 bridgehead atoms. The molecule has 0 unspecified atom stereocenters. The molecule has 0 aromatic heterocycles. The molecule has 2 nitrogen and oxygen atoms in total. The lowest BCUT2D eigenvalue weighted by Gasteiger charge is -2.24. The summed E-state index contributed by atoms with van der Waals surface area (Å²) in [5.74, 6) is 0. The van der Waals surface area contributed by atoms with Gasteiger partial charge in [-0.2, -0.15) is 0 Å². The standard InChI is InChI=1S/C11H26N2/c1-4-7-11(2,3)10-13-9-6-5-8-12/h13H,4-10,12H2,1-3H3. The van der Waals surface area contributed by atoms with Crippen molar-refractivity contribution < 1.29 is 0 Å². The van der Waals surface area contributed by atoms with Gasteiger partial charge in [0.2, 0.25) is 0 Å². The van der Waals surface area contributed by atoms with Crippen molar-refractivity contribution in [1.82, 2.24) is 5.32 Å². The second-order valence-electron chi connectivity index (χ2n) is 4.59. The van der Waals surface area contributed by atoms with E-state index in [2.05, 4.69) is 26.1 Å². The van der Waals surface area contributed by atoms with Crippen LogP contribution >= 0.6 is 0 Å². The van der Waals surface area contributed by atoms with E-state index in [-0.39, 0.29) is 0 Å². The zero-order valence-electron chi connectivity index (χ0n) is 9.53. The van der Waals surface area contributed by atoms with Crippen molar-refractivity contribution in [3.05, 3.63) is 0 Å². The Morgan fingerprint density at radius 1 is 1.23 bits per heavy atom. The predicted octanol–water partition coefficient (Wildman–Crippen LogP) is 2.14. The van der Waals surface area contributed by atoms with Gasteiger partial charge in [0.25, 0.3) is 0 Å².